The van der Waals surface area contributed by atoms with Crippen molar-refractivity contribution in [1.29, 1.82) is 0 Å². The molecular weight excluding hydrogens is 696 g/mol. The number of hydrogen-bond acceptors (Lipinski definition) is 12. The molecule has 0 aromatic rings. The standard InChI is InChI=1S/C42H72O12/c1-21(2)12-11-16-42(9,49)23-13-18-41(8)28(23)24(43)20-26-39(6)17-15-27(38(4,5)25(39)14-19-40(26,41)7)52-37-34(31(46)33(48)35(50-10)54-37)53-36-32(47)30(45)29(44)22(3)51-36/h12,22-37,43-49H,11,13-20H2,1-10H3/t22?,23?,24-,25?,26?,27?,28?,29+,30+,31+,32?,33-,34?,35?,36+,37-,39+,40-,41-,42-/m1/s1. The van der Waals surface area contributed by atoms with Gasteiger partial charge in [-0.05, 0) is 131 Å². The van der Waals surface area contributed by atoms with Crippen LogP contribution < -0.4 is 0 Å². The van der Waals surface area contributed by atoms with Gasteiger partial charge in [-0.15, -0.1) is 0 Å². The molecule has 12 nitrogen and oxygen atoms in total. The highest BCUT2D eigenvalue weighted by molar-refractivity contribution is 5.20. The third-order valence-corrected chi connectivity index (χ3v) is 16.5. The second-order valence-electron chi connectivity index (χ2n) is 20.0. The first-order valence-corrected chi connectivity index (χ1v) is 20.6. The van der Waals surface area contributed by atoms with Gasteiger partial charge >= 0.3 is 0 Å². The van der Waals surface area contributed by atoms with E-state index in [0.717, 1.165) is 38.5 Å². The summed E-state index contributed by atoms with van der Waals surface area (Å²) < 4.78 is 30.0. The van der Waals surface area contributed by atoms with Crippen molar-refractivity contribution >= 4 is 0 Å². The molecule has 12 heteroatoms. The van der Waals surface area contributed by atoms with E-state index in [9.17, 15) is 35.7 Å². The summed E-state index contributed by atoms with van der Waals surface area (Å²) in [6, 6.07) is 0. The van der Waals surface area contributed by atoms with Crippen LogP contribution in [-0.2, 0) is 23.7 Å². The molecule has 4 aliphatic carbocycles. The minimum absolute atomic E-state index is 0.0237. The maximum Gasteiger partial charge on any atom is 0.190 e. The number of methoxy groups -OCH3 is 1. The molecule has 20 atom stereocenters. The van der Waals surface area contributed by atoms with E-state index < -0.39 is 73.3 Å². The van der Waals surface area contributed by atoms with Gasteiger partial charge in [0.05, 0.1) is 23.9 Å². The second kappa shape index (κ2) is 15.1. The lowest BCUT2D eigenvalue weighted by molar-refractivity contribution is -0.397. The second-order valence-corrected chi connectivity index (χ2v) is 20.0. The van der Waals surface area contributed by atoms with E-state index in [1.54, 1.807) is 0 Å². The Balaban J connectivity index is 1.22. The maximum absolute atomic E-state index is 12.2. The maximum atomic E-state index is 12.2. The van der Waals surface area contributed by atoms with Crippen molar-refractivity contribution in [2.75, 3.05) is 7.11 Å². The van der Waals surface area contributed by atoms with Crippen molar-refractivity contribution in [1.82, 2.24) is 0 Å². The molecule has 6 rings (SSSR count). The first-order valence-electron chi connectivity index (χ1n) is 20.6. The van der Waals surface area contributed by atoms with E-state index in [1.165, 1.54) is 19.6 Å². The predicted octanol–water partition coefficient (Wildman–Crippen LogP) is 3.79. The largest absolute Gasteiger partial charge is 0.393 e. The van der Waals surface area contributed by atoms with Crippen molar-refractivity contribution in [3.63, 3.8) is 0 Å². The van der Waals surface area contributed by atoms with Gasteiger partial charge in [-0.25, -0.2) is 0 Å². The van der Waals surface area contributed by atoms with E-state index >= 15 is 0 Å². The van der Waals surface area contributed by atoms with Crippen LogP contribution in [0.5, 0.6) is 0 Å². The number of rotatable bonds is 9. The molecule has 0 radical (unpaired) electrons. The van der Waals surface area contributed by atoms with E-state index in [1.807, 2.05) is 6.92 Å². The van der Waals surface area contributed by atoms with Crippen molar-refractivity contribution < 1.29 is 59.4 Å². The van der Waals surface area contributed by atoms with Crippen LogP contribution in [0.3, 0.4) is 0 Å². The van der Waals surface area contributed by atoms with Gasteiger partial charge in [-0.1, -0.05) is 46.3 Å². The molecule has 0 bridgehead atoms. The molecule has 6 aliphatic rings. The first kappa shape index (κ1) is 42.9. The summed E-state index contributed by atoms with van der Waals surface area (Å²) in [5, 5.41) is 77.7. The van der Waals surface area contributed by atoms with Crippen LogP contribution in [-0.4, -0.2) is 122 Å². The molecular formula is C42H72O12. The van der Waals surface area contributed by atoms with Crippen molar-refractivity contribution in [3.8, 4) is 0 Å². The van der Waals surface area contributed by atoms with Gasteiger partial charge in [0.1, 0.15) is 36.6 Å². The summed E-state index contributed by atoms with van der Waals surface area (Å²) in [6.07, 6.45) is -4.60. The highest BCUT2D eigenvalue weighted by Gasteiger charge is 2.71. The molecule has 9 unspecified atom stereocenters. The minimum Gasteiger partial charge on any atom is -0.393 e. The quantitative estimate of drug-likeness (QED) is 0.133. The van der Waals surface area contributed by atoms with E-state index in [0.29, 0.717) is 19.3 Å². The molecule has 54 heavy (non-hydrogen) atoms. The lowest BCUT2D eigenvalue weighted by Gasteiger charge is -2.70. The van der Waals surface area contributed by atoms with Crippen LogP contribution in [0.1, 0.15) is 120 Å². The Hall–Kier alpha value is -0.740. The molecule has 312 valence electrons. The summed E-state index contributed by atoms with van der Waals surface area (Å²) in [7, 11) is 1.36. The molecule has 2 heterocycles. The van der Waals surface area contributed by atoms with Crippen LogP contribution in [0, 0.1) is 45.3 Å². The van der Waals surface area contributed by atoms with Gasteiger partial charge in [0, 0.05) is 7.11 Å². The third-order valence-electron chi connectivity index (χ3n) is 16.5. The lowest BCUT2D eigenvalue weighted by Crippen LogP contribution is -2.67. The summed E-state index contributed by atoms with van der Waals surface area (Å²) in [5.41, 5.74) is -0.224. The zero-order chi connectivity index (χ0) is 39.9. The van der Waals surface area contributed by atoms with E-state index in [2.05, 4.69) is 54.5 Å². The first-order chi connectivity index (χ1) is 25.0. The molecule has 0 aromatic heterocycles. The Morgan fingerprint density at radius 1 is 0.759 bits per heavy atom. The van der Waals surface area contributed by atoms with Gasteiger partial charge in [0.25, 0.3) is 0 Å². The zero-order valence-corrected chi connectivity index (χ0v) is 34.4. The average molecular weight is 769 g/mol. The van der Waals surface area contributed by atoms with Crippen molar-refractivity contribution in [2.24, 2.45) is 45.3 Å². The fraction of sp³-hybridized carbons (Fsp3) is 0.952. The van der Waals surface area contributed by atoms with Crippen LogP contribution in [0.4, 0.5) is 0 Å². The topological polar surface area (TPSA) is 188 Å². The van der Waals surface area contributed by atoms with Crippen LogP contribution in [0.15, 0.2) is 11.6 Å². The molecule has 0 spiro atoms. The summed E-state index contributed by atoms with van der Waals surface area (Å²) in [6.45, 7) is 19.5. The number of ether oxygens (including phenoxy) is 5. The van der Waals surface area contributed by atoms with Crippen molar-refractivity contribution in [2.45, 2.75) is 200 Å². The van der Waals surface area contributed by atoms with Crippen LogP contribution in [0.25, 0.3) is 0 Å². The number of fused-ring (bicyclic) bond motifs is 5. The number of aliphatic hydroxyl groups excluding tert-OH is 6. The fourth-order valence-corrected chi connectivity index (χ4v) is 13.2. The van der Waals surface area contributed by atoms with Gasteiger partial charge < -0.3 is 59.4 Å². The number of hydrogen-bond donors (Lipinski definition) is 7. The molecule has 7 N–H and O–H groups in total. The van der Waals surface area contributed by atoms with Gasteiger partial charge in [-0.2, -0.15) is 0 Å². The molecule has 2 aliphatic heterocycles. The Morgan fingerprint density at radius 3 is 2.06 bits per heavy atom. The van der Waals surface area contributed by atoms with Gasteiger partial charge in [-0.3, -0.25) is 0 Å². The average Bonchev–Trinajstić information content (AvgIpc) is 3.48. The normalized spacial score (nSPS) is 52.8. The highest BCUT2D eigenvalue weighted by Crippen LogP contribution is 2.76. The number of aliphatic hydroxyl groups is 7. The Kier molecular flexibility index (Phi) is 12.0. The molecule has 2 saturated heterocycles. The predicted molar refractivity (Wildman–Crippen MR) is 199 cm³/mol. The SMILES string of the molecule is COC1O[C@@H](OC2CC[C@@]3(C)C(CC[C@]4(C)C3C[C@@H](O)C3C([C@](C)(O)CCC=C(C)C)CC[C@]34C)C2(C)C)C(O[C@@H]2OC(C)[C@H](O)[C@H](O)C2O)[C@@H](O)[C@H]1O. The van der Waals surface area contributed by atoms with Gasteiger partial charge in [0.2, 0.25) is 0 Å². The highest BCUT2D eigenvalue weighted by atomic mass is 16.8. The minimum atomic E-state index is -1.62. The summed E-state index contributed by atoms with van der Waals surface area (Å²) >= 11 is 0. The smallest absolute Gasteiger partial charge is 0.190 e. The van der Waals surface area contributed by atoms with Crippen LogP contribution >= 0.6 is 0 Å². The Bertz CT molecular complexity index is 1350. The van der Waals surface area contributed by atoms with E-state index in [4.69, 9.17) is 23.7 Å². The van der Waals surface area contributed by atoms with Gasteiger partial charge in [0.15, 0.2) is 18.9 Å². The van der Waals surface area contributed by atoms with Crippen molar-refractivity contribution in [3.05, 3.63) is 11.6 Å². The van der Waals surface area contributed by atoms with Crippen LogP contribution in [0.2, 0.25) is 0 Å². The lowest BCUT2D eigenvalue weighted by atomic mass is 9.35. The fourth-order valence-electron chi connectivity index (χ4n) is 13.2. The molecule has 4 saturated carbocycles. The molecule has 0 aromatic carbocycles. The zero-order valence-electron chi connectivity index (χ0n) is 34.4. The van der Waals surface area contributed by atoms with E-state index in [-0.39, 0.29) is 51.4 Å². The third kappa shape index (κ3) is 6.87. The molecule has 0 amide bonds. The Morgan fingerprint density at radius 2 is 1.41 bits per heavy atom. The number of allylic oxidation sites excluding steroid dienone is 2. The Labute approximate surface area is 322 Å². The summed E-state index contributed by atoms with van der Waals surface area (Å²) in [4.78, 5) is 0. The monoisotopic (exact) mass is 769 g/mol. The molecule has 6 fully saturated rings. The summed E-state index contributed by atoms with van der Waals surface area (Å²) in [5.74, 6) is 0.568.